The smallest absolute Gasteiger partial charge is 0.273 e. The Labute approximate surface area is 206 Å². The molecule has 2 aromatic carbocycles. The summed E-state index contributed by atoms with van der Waals surface area (Å²) in [5.41, 5.74) is 3.23. The summed E-state index contributed by atoms with van der Waals surface area (Å²) < 4.78 is 2.09. The van der Waals surface area contributed by atoms with E-state index in [9.17, 15) is 14.9 Å². The maximum atomic E-state index is 13.7. The molecule has 0 fully saturated rings. The highest BCUT2D eigenvalue weighted by atomic mass is 32.1. The summed E-state index contributed by atoms with van der Waals surface area (Å²) in [6, 6.07) is 17.2. The number of carbonyl (C=O) groups excluding carboxylic acids is 1. The van der Waals surface area contributed by atoms with E-state index in [0.717, 1.165) is 34.6 Å². The molecule has 0 aliphatic carbocycles. The van der Waals surface area contributed by atoms with E-state index in [1.165, 1.54) is 9.36 Å². The third-order valence-corrected chi connectivity index (χ3v) is 6.44. The van der Waals surface area contributed by atoms with E-state index >= 15 is 0 Å². The van der Waals surface area contributed by atoms with Crippen LogP contribution in [0.1, 0.15) is 30.2 Å². The molecule has 8 nitrogen and oxygen atoms in total. The highest BCUT2D eigenvalue weighted by Crippen LogP contribution is 2.16. The van der Waals surface area contributed by atoms with Gasteiger partial charge in [0.25, 0.3) is 11.5 Å². The molecule has 0 aliphatic heterocycles. The first-order valence-corrected chi connectivity index (χ1v) is 12.0. The zero-order valence-electron chi connectivity index (χ0n) is 19.6. The number of nitrogens with zero attached hydrogens (tertiary/aromatic N) is 5. The van der Waals surface area contributed by atoms with Crippen LogP contribution in [-0.2, 0) is 4.79 Å². The van der Waals surface area contributed by atoms with Crippen molar-refractivity contribution in [1.29, 1.82) is 5.26 Å². The largest absolute Gasteiger partial charge is 0.351 e. The second-order valence-electron chi connectivity index (χ2n) is 7.93. The van der Waals surface area contributed by atoms with Gasteiger partial charge in [-0.2, -0.15) is 15.2 Å². The van der Waals surface area contributed by atoms with Gasteiger partial charge in [0.1, 0.15) is 16.4 Å². The molecule has 0 saturated heterocycles. The first-order chi connectivity index (χ1) is 16.9. The van der Waals surface area contributed by atoms with Crippen LogP contribution in [-0.4, -0.2) is 32.0 Å². The van der Waals surface area contributed by atoms with Gasteiger partial charge in [0.15, 0.2) is 5.57 Å². The summed E-state index contributed by atoms with van der Waals surface area (Å²) in [6.07, 6.45) is 3.93. The van der Waals surface area contributed by atoms with E-state index in [-0.39, 0.29) is 15.8 Å². The molecule has 4 rings (SSSR count). The Morgan fingerprint density at radius 3 is 2.51 bits per heavy atom. The number of carbonyl (C=O) groups is 1. The number of rotatable bonds is 6. The van der Waals surface area contributed by atoms with Crippen molar-refractivity contribution < 1.29 is 4.79 Å². The van der Waals surface area contributed by atoms with Crippen molar-refractivity contribution in [3.63, 3.8) is 0 Å². The minimum atomic E-state index is -0.503. The van der Waals surface area contributed by atoms with Crippen molar-refractivity contribution in [3.05, 3.63) is 91.1 Å². The lowest BCUT2D eigenvalue weighted by molar-refractivity contribution is -0.115. The number of thiazole rings is 1. The minimum Gasteiger partial charge on any atom is -0.351 e. The molecule has 0 bridgehead atoms. The van der Waals surface area contributed by atoms with Crippen molar-refractivity contribution in [3.8, 4) is 17.4 Å². The lowest BCUT2D eigenvalue weighted by Gasteiger charge is -2.11. The molecular formula is C26H24N6O2S. The lowest BCUT2D eigenvalue weighted by atomic mass is 10.1. The second kappa shape index (κ2) is 10.3. The summed E-state index contributed by atoms with van der Waals surface area (Å²) >= 11 is 1.09. The van der Waals surface area contributed by atoms with E-state index in [0.29, 0.717) is 22.5 Å². The van der Waals surface area contributed by atoms with Crippen LogP contribution in [0.5, 0.6) is 0 Å². The summed E-state index contributed by atoms with van der Waals surface area (Å²) in [6.45, 7) is 6.16. The zero-order chi connectivity index (χ0) is 24.9. The molecule has 0 unspecified atom stereocenters. The number of aromatic nitrogens is 4. The van der Waals surface area contributed by atoms with Crippen LogP contribution in [0.4, 0.5) is 0 Å². The van der Waals surface area contributed by atoms with Gasteiger partial charge in [-0.3, -0.25) is 14.2 Å². The Morgan fingerprint density at radius 2 is 1.86 bits per heavy atom. The maximum absolute atomic E-state index is 13.7. The molecule has 9 heteroatoms. The number of benzene rings is 2. The average Bonchev–Trinajstić information content (AvgIpc) is 3.44. The standard InChI is InChI=1S/C26H24N6O2S/c1-4-13-28-24(33)21(15-27)26-31(23-17(2)9-8-10-18(23)3)25(34)22(35-26)14-19-16-29-32(30-19)20-11-6-5-7-12-20/h5-12,14,16H,4,13H2,1-3H3,(H,28,33). The molecule has 2 aromatic heterocycles. The van der Waals surface area contributed by atoms with E-state index < -0.39 is 5.91 Å². The fourth-order valence-corrected chi connectivity index (χ4v) is 4.77. The van der Waals surface area contributed by atoms with E-state index in [1.807, 2.05) is 75.4 Å². The number of amides is 1. The molecular weight excluding hydrogens is 460 g/mol. The summed E-state index contributed by atoms with van der Waals surface area (Å²) in [7, 11) is 0. The first-order valence-electron chi connectivity index (χ1n) is 11.1. The Kier molecular flexibility index (Phi) is 7.03. The van der Waals surface area contributed by atoms with Crippen LogP contribution < -0.4 is 20.1 Å². The monoisotopic (exact) mass is 484 g/mol. The van der Waals surface area contributed by atoms with Gasteiger partial charge in [-0.1, -0.05) is 43.3 Å². The number of aryl methyl sites for hydroxylation is 2. The van der Waals surface area contributed by atoms with Gasteiger partial charge >= 0.3 is 0 Å². The van der Waals surface area contributed by atoms with Gasteiger partial charge in [0, 0.05) is 6.54 Å². The summed E-state index contributed by atoms with van der Waals surface area (Å²) in [5.74, 6) is -0.503. The number of hydrogen-bond donors (Lipinski definition) is 1. The highest BCUT2D eigenvalue weighted by molar-refractivity contribution is 7.07. The van der Waals surface area contributed by atoms with E-state index in [4.69, 9.17) is 0 Å². The first kappa shape index (κ1) is 23.9. The van der Waals surface area contributed by atoms with Gasteiger partial charge in [-0.05, 0) is 49.6 Å². The predicted molar refractivity (Wildman–Crippen MR) is 136 cm³/mol. The Morgan fingerprint density at radius 1 is 1.14 bits per heavy atom. The second-order valence-corrected chi connectivity index (χ2v) is 8.96. The Balaban J connectivity index is 1.97. The normalized spacial score (nSPS) is 12.3. The van der Waals surface area contributed by atoms with E-state index in [1.54, 1.807) is 12.3 Å². The zero-order valence-corrected chi connectivity index (χ0v) is 20.5. The van der Waals surface area contributed by atoms with Gasteiger partial charge in [0.05, 0.1) is 22.1 Å². The number of nitrogens with one attached hydrogen (secondary N) is 1. The molecule has 1 amide bonds. The highest BCUT2D eigenvalue weighted by Gasteiger charge is 2.18. The third-order valence-electron chi connectivity index (χ3n) is 5.35. The van der Waals surface area contributed by atoms with Crippen molar-refractivity contribution >= 4 is 28.9 Å². The Hall–Kier alpha value is -4.29. The van der Waals surface area contributed by atoms with Gasteiger partial charge < -0.3 is 5.32 Å². The van der Waals surface area contributed by atoms with Gasteiger partial charge in [0.2, 0.25) is 0 Å². The van der Waals surface area contributed by atoms with Crippen molar-refractivity contribution in [1.82, 2.24) is 24.9 Å². The van der Waals surface area contributed by atoms with Crippen molar-refractivity contribution in [2.45, 2.75) is 27.2 Å². The lowest BCUT2D eigenvalue weighted by Crippen LogP contribution is -2.34. The van der Waals surface area contributed by atoms with Crippen LogP contribution in [0, 0.1) is 25.2 Å². The molecule has 2 heterocycles. The summed E-state index contributed by atoms with van der Waals surface area (Å²) in [5, 5.41) is 21.4. The van der Waals surface area contributed by atoms with Crippen LogP contribution in [0.25, 0.3) is 23.0 Å². The summed E-state index contributed by atoms with van der Waals surface area (Å²) in [4.78, 5) is 28.0. The van der Waals surface area contributed by atoms with Crippen LogP contribution in [0.2, 0.25) is 0 Å². The van der Waals surface area contributed by atoms with Crippen molar-refractivity contribution in [2.24, 2.45) is 0 Å². The molecule has 4 aromatic rings. The number of hydrogen-bond acceptors (Lipinski definition) is 6. The van der Waals surface area contributed by atoms with Gasteiger partial charge in [-0.25, -0.2) is 0 Å². The average molecular weight is 485 g/mol. The quantitative estimate of drug-likeness (QED) is 0.451. The third kappa shape index (κ3) is 4.83. The fourth-order valence-electron chi connectivity index (χ4n) is 3.70. The van der Waals surface area contributed by atoms with Crippen LogP contribution in [0.3, 0.4) is 0 Å². The molecule has 0 spiro atoms. The van der Waals surface area contributed by atoms with Crippen LogP contribution in [0.15, 0.2) is 59.5 Å². The van der Waals surface area contributed by atoms with Gasteiger partial charge in [-0.15, -0.1) is 16.4 Å². The fraction of sp³-hybridized carbons (Fsp3) is 0.192. The van der Waals surface area contributed by atoms with Crippen LogP contribution >= 0.6 is 11.3 Å². The minimum absolute atomic E-state index is 0.101. The Bertz CT molecular complexity index is 1590. The molecule has 1 N–H and O–H groups in total. The van der Waals surface area contributed by atoms with E-state index in [2.05, 4.69) is 15.5 Å². The molecule has 0 radical (unpaired) electrons. The number of nitriles is 1. The molecule has 176 valence electrons. The molecule has 0 atom stereocenters. The predicted octanol–water partition coefficient (Wildman–Crippen LogP) is 2.13. The molecule has 0 aliphatic rings. The molecule has 35 heavy (non-hydrogen) atoms. The van der Waals surface area contributed by atoms with Crippen molar-refractivity contribution in [2.75, 3.05) is 6.54 Å². The SMILES string of the molecule is CCCNC(=O)C(C#N)=c1sc(=Cc2cnn(-c3ccccc3)n2)c(=O)n1-c1c(C)cccc1C. The number of para-hydroxylation sites is 2. The maximum Gasteiger partial charge on any atom is 0.273 e. The topological polar surface area (TPSA) is 106 Å². The molecule has 0 saturated carbocycles.